The first-order valence-corrected chi connectivity index (χ1v) is 8.44. The second-order valence-corrected chi connectivity index (χ2v) is 6.88. The summed E-state index contributed by atoms with van der Waals surface area (Å²) in [6.07, 6.45) is 2.33. The van der Waals surface area contributed by atoms with Crippen molar-refractivity contribution in [2.75, 3.05) is 23.3 Å². The molecule has 0 spiro atoms. The fourth-order valence-electron chi connectivity index (χ4n) is 1.67. The Hall–Kier alpha value is -1.68. The number of nitrogen functional groups attached to an aromatic ring is 1. The number of nitrogens with two attached hydrogens (primary N) is 1. The third-order valence-electron chi connectivity index (χ3n) is 2.49. The summed E-state index contributed by atoms with van der Waals surface area (Å²) in [5, 5.41) is 6.95. The van der Waals surface area contributed by atoms with Gasteiger partial charge in [-0.3, -0.25) is 0 Å². The maximum atomic E-state index is 12.1. The van der Waals surface area contributed by atoms with Crippen LogP contribution < -0.4 is 11.1 Å². The molecule has 2 rings (SSSR count). The summed E-state index contributed by atoms with van der Waals surface area (Å²) < 4.78 is 33.0. The maximum absolute atomic E-state index is 12.1. The zero-order valence-corrected chi connectivity index (χ0v) is 12.5. The minimum absolute atomic E-state index is 0.0451. The molecular weight excluding hydrogens is 302 g/mol. The lowest BCUT2D eigenvalue weighted by Crippen LogP contribution is -2.12. The largest absolute Gasteiger partial charge is 0.382 e. The van der Waals surface area contributed by atoms with Gasteiger partial charge in [-0.1, -0.05) is 12.1 Å². The maximum Gasteiger partial charge on any atom is 0.228 e. The average Bonchev–Trinajstić information content (AvgIpc) is 2.99. The molecule has 0 aliphatic heterocycles. The van der Waals surface area contributed by atoms with Crippen LogP contribution in [-0.4, -0.2) is 35.2 Å². The van der Waals surface area contributed by atoms with E-state index in [1.165, 1.54) is 6.33 Å². The predicted molar refractivity (Wildman–Crippen MR) is 75.4 cm³/mol. The molecular formula is C10H15N5O3S2. The van der Waals surface area contributed by atoms with Gasteiger partial charge in [-0.15, -0.1) is 0 Å². The molecule has 3 N–H and O–H groups in total. The van der Waals surface area contributed by atoms with E-state index in [4.69, 9.17) is 10.3 Å². The van der Waals surface area contributed by atoms with E-state index in [1.54, 1.807) is 6.92 Å². The Morgan fingerprint density at radius 2 is 2.30 bits per heavy atom. The SMILES string of the molecule is CCCS(=O)(=O)c1c(N)nsc1NCCc1ncno1. The Morgan fingerprint density at radius 3 is 2.95 bits per heavy atom. The van der Waals surface area contributed by atoms with Gasteiger partial charge in [0.05, 0.1) is 5.75 Å². The molecule has 10 heteroatoms. The van der Waals surface area contributed by atoms with Crippen LogP contribution in [0.3, 0.4) is 0 Å². The van der Waals surface area contributed by atoms with Gasteiger partial charge in [-0.25, -0.2) is 8.42 Å². The Morgan fingerprint density at radius 1 is 1.50 bits per heavy atom. The number of hydrogen-bond acceptors (Lipinski definition) is 9. The van der Waals surface area contributed by atoms with Crippen LogP contribution in [0.2, 0.25) is 0 Å². The van der Waals surface area contributed by atoms with Crippen LogP contribution in [0.5, 0.6) is 0 Å². The van der Waals surface area contributed by atoms with Gasteiger partial charge in [0.1, 0.15) is 9.90 Å². The Bertz CT molecular complexity index is 650. The highest BCUT2D eigenvalue weighted by Gasteiger charge is 2.24. The van der Waals surface area contributed by atoms with Crippen molar-refractivity contribution >= 4 is 32.2 Å². The van der Waals surface area contributed by atoms with Crippen LogP contribution in [0.1, 0.15) is 19.2 Å². The molecule has 0 bridgehead atoms. The molecule has 0 saturated heterocycles. The average molecular weight is 317 g/mol. The third-order valence-corrected chi connectivity index (χ3v) is 5.42. The second-order valence-electron chi connectivity index (χ2n) is 4.06. The van der Waals surface area contributed by atoms with Crippen molar-refractivity contribution in [3.63, 3.8) is 0 Å². The molecule has 2 aromatic rings. The molecule has 0 atom stereocenters. The zero-order valence-electron chi connectivity index (χ0n) is 10.9. The molecule has 0 fully saturated rings. The van der Waals surface area contributed by atoms with Crippen molar-refractivity contribution < 1.29 is 12.9 Å². The normalized spacial score (nSPS) is 11.7. The molecule has 8 nitrogen and oxygen atoms in total. The Kier molecular flexibility index (Phi) is 4.55. The molecule has 0 unspecified atom stereocenters. The fraction of sp³-hybridized carbons (Fsp3) is 0.500. The van der Waals surface area contributed by atoms with E-state index in [0.717, 1.165) is 11.5 Å². The van der Waals surface area contributed by atoms with Crippen molar-refractivity contribution in [1.82, 2.24) is 14.5 Å². The lowest BCUT2D eigenvalue weighted by molar-refractivity contribution is 0.380. The molecule has 2 aromatic heterocycles. The molecule has 0 aliphatic carbocycles. The van der Waals surface area contributed by atoms with Gasteiger partial charge in [0.25, 0.3) is 0 Å². The highest BCUT2D eigenvalue weighted by atomic mass is 32.2. The number of hydrogen-bond donors (Lipinski definition) is 2. The van der Waals surface area contributed by atoms with Gasteiger partial charge in [-0.2, -0.15) is 9.36 Å². The monoisotopic (exact) mass is 317 g/mol. The summed E-state index contributed by atoms with van der Waals surface area (Å²) in [6, 6.07) is 0. The van der Waals surface area contributed by atoms with Gasteiger partial charge in [0.15, 0.2) is 22.0 Å². The van der Waals surface area contributed by atoms with E-state index >= 15 is 0 Å². The lowest BCUT2D eigenvalue weighted by Gasteiger charge is -2.06. The van der Waals surface area contributed by atoms with E-state index in [9.17, 15) is 8.42 Å². The molecule has 0 amide bonds. The van der Waals surface area contributed by atoms with Crippen molar-refractivity contribution in [2.24, 2.45) is 0 Å². The van der Waals surface area contributed by atoms with E-state index < -0.39 is 9.84 Å². The summed E-state index contributed by atoms with van der Waals surface area (Å²) in [7, 11) is -3.40. The Labute approximate surface area is 120 Å². The summed E-state index contributed by atoms with van der Waals surface area (Å²) in [5.74, 6) is 0.574. The number of aromatic nitrogens is 3. The van der Waals surface area contributed by atoms with E-state index in [2.05, 4.69) is 19.8 Å². The molecule has 2 heterocycles. The minimum Gasteiger partial charge on any atom is -0.382 e. The molecule has 110 valence electrons. The van der Waals surface area contributed by atoms with Crippen molar-refractivity contribution in [1.29, 1.82) is 0 Å². The topological polar surface area (TPSA) is 124 Å². The standard InChI is InChI=1S/C10H15N5O3S2/c1-2-5-20(16,17)8-9(11)15-19-10(8)12-4-3-7-13-6-14-18-7/h6,12H,2-5H2,1H3,(H2,11,15). The number of nitrogens with one attached hydrogen (secondary N) is 1. The van der Waals surface area contributed by atoms with Crippen LogP contribution in [-0.2, 0) is 16.3 Å². The van der Waals surface area contributed by atoms with Crippen LogP contribution >= 0.6 is 11.5 Å². The van der Waals surface area contributed by atoms with E-state index in [1.807, 2.05) is 0 Å². The van der Waals surface area contributed by atoms with Crippen molar-refractivity contribution in [2.45, 2.75) is 24.7 Å². The fourth-order valence-corrected chi connectivity index (χ4v) is 4.31. The molecule has 0 aliphatic rings. The van der Waals surface area contributed by atoms with Crippen LogP contribution in [0.25, 0.3) is 0 Å². The molecule has 20 heavy (non-hydrogen) atoms. The first kappa shape index (κ1) is 14.7. The van der Waals surface area contributed by atoms with E-state index in [-0.39, 0.29) is 16.5 Å². The van der Waals surface area contributed by atoms with E-state index in [0.29, 0.717) is 30.3 Å². The van der Waals surface area contributed by atoms with Gasteiger partial charge in [-0.05, 0) is 18.0 Å². The number of sulfone groups is 1. The number of nitrogens with zero attached hydrogens (tertiary/aromatic N) is 3. The van der Waals surface area contributed by atoms with Crippen molar-refractivity contribution in [3.8, 4) is 0 Å². The first-order chi connectivity index (χ1) is 9.54. The molecule has 0 saturated carbocycles. The lowest BCUT2D eigenvalue weighted by atomic mass is 10.4. The highest BCUT2D eigenvalue weighted by molar-refractivity contribution is 7.91. The summed E-state index contributed by atoms with van der Waals surface area (Å²) in [6.45, 7) is 2.26. The number of rotatable bonds is 7. The van der Waals surface area contributed by atoms with Gasteiger partial charge < -0.3 is 15.6 Å². The van der Waals surface area contributed by atoms with Crippen LogP contribution in [0, 0.1) is 0 Å². The second kappa shape index (κ2) is 6.18. The predicted octanol–water partition coefficient (Wildman–Crippen LogP) is 0.947. The Balaban J connectivity index is 2.09. The molecule has 0 aromatic carbocycles. The number of anilines is 2. The highest BCUT2D eigenvalue weighted by Crippen LogP contribution is 2.32. The van der Waals surface area contributed by atoms with Gasteiger partial charge in [0.2, 0.25) is 5.89 Å². The summed E-state index contributed by atoms with van der Waals surface area (Å²) in [5.41, 5.74) is 5.66. The van der Waals surface area contributed by atoms with Crippen LogP contribution in [0.4, 0.5) is 10.8 Å². The molecule has 0 radical (unpaired) electrons. The summed E-state index contributed by atoms with van der Waals surface area (Å²) in [4.78, 5) is 3.97. The first-order valence-electron chi connectivity index (χ1n) is 6.02. The van der Waals surface area contributed by atoms with Crippen molar-refractivity contribution in [3.05, 3.63) is 12.2 Å². The minimum atomic E-state index is -3.40. The third kappa shape index (κ3) is 3.25. The van der Waals surface area contributed by atoms with Gasteiger partial charge >= 0.3 is 0 Å². The zero-order chi connectivity index (χ0) is 14.6. The van der Waals surface area contributed by atoms with Crippen LogP contribution in [0.15, 0.2) is 15.7 Å². The smallest absolute Gasteiger partial charge is 0.228 e. The quantitative estimate of drug-likeness (QED) is 0.773. The van der Waals surface area contributed by atoms with Gasteiger partial charge in [0, 0.05) is 13.0 Å². The summed E-state index contributed by atoms with van der Waals surface area (Å²) >= 11 is 1.03.